The number of rotatable bonds is 0. The Labute approximate surface area is 99.3 Å². The summed E-state index contributed by atoms with van der Waals surface area (Å²) in [4.78, 5) is 12.0. The summed E-state index contributed by atoms with van der Waals surface area (Å²) in [6, 6.07) is 0. The fraction of sp³-hybridized carbons (Fsp3) is 0.800. The van der Waals surface area contributed by atoms with Crippen LogP contribution in [-0.2, 0) is 4.79 Å². The standard InChI is InChI=1S/C15H24O/c1-10-11(2)15(5)8-6-7-14(3,4)13(15)9-12(10)16/h13H,6-9H2,1-5H3/t13-,15+/m1/s1. The van der Waals surface area contributed by atoms with Gasteiger partial charge in [-0.05, 0) is 49.0 Å². The van der Waals surface area contributed by atoms with Crippen molar-refractivity contribution in [3.8, 4) is 0 Å². The predicted octanol–water partition coefficient (Wildman–Crippen LogP) is 4.13. The molecule has 2 atom stereocenters. The average molecular weight is 220 g/mol. The highest BCUT2D eigenvalue weighted by molar-refractivity contribution is 5.97. The van der Waals surface area contributed by atoms with Gasteiger partial charge in [0.25, 0.3) is 0 Å². The van der Waals surface area contributed by atoms with Crippen LogP contribution in [0.3, 0.4) is 0 Å². The van der Waals surface area contributed by atoms with Crippen LogP contribution in [0.5, 0.6) is 0 Å². The van der Waals surface area contributed by atoms with Crippen molar-refractivity contribution in [2.75, 3.05) is 0 Å². The number of hydrogen-bond acceptors (Lipinski definition) is 1. The molecule has 1 saturated carbocycles. The summed E-state index contributed by atoms with van der Waals surface area (Å²) in [7, 11) is 0. The first-order valence-electron chi connectivity index (χ1n) is 6.50. The van der Waals surface area contributed by atoms with Crippen LogP contribution in [0.4, 0.5) is 0 Å². The number of hydrogen-bond donors (Lipinski definition) is 0. The molecule has 0 aliphatic heterocycles. The Hall–Kier alpha value is -0.590. The van der Waals surface area contributed by atoms with Gasteiger partial charge in [0.15, 0.2) is 5.78 Å². The zero-order valence-corrected chi connectivity index (χ0v) is 11.3. The van der Waals surface area contributed by atoms with E-state index in [1.54, 1.807) is 0 Å². The molecule has 0 bridgehead atoms. The first kappa shape index (κ1) is 11.9. The van der Waals surface area contributed by atoms with Crippen molar-refractivity contribution in [3.63, 3.8) is 0 Å². The summed E-state index contributed by atoms with van der Waals surface area (Å²) in [5.74, 6) is 0.930. The molecule has 16 heavy (non-hydrogen) atoms. The third-order valence-corrected chi connectivity index (χ3v) is 5.46. The highest BCUT2D eigenvalue weighted by Crippen LogP contribution is 2.58. The van der Waals surface area contributed by atoms with Crippen LogP contribution in [0, 0.1) is 16.7 Å². The third kappa shape index (κ3) is 1.48. The molecule has 0 N–H and O–H groups in total. The van der Waals surface area contributed by atoms with Crippen molar-refractivity contribution in [1.82, 2.24) is 0 Å². The molecule has 0 aromatic carbocycles. The van der Waals surface area contributed by atoms with E-state index in [1.807, 2.05) is 6.92 Å². The molecule has 0 aromatic rings. The second kappa shape index (κ2) is 3.45. The van der Waals surface area contributed by atoms with E-state index in [9.17, 15) is 4.79 Å². The zero-order valence-electron chi connectivity index (χ0n) is 11.3. The lowest BCUT2D eigenvalue weighted by atomic mass is 9.50. The maximum absolute atomic E-state index is 12.0. The van der Waals surface area contributed by atoms with Crippen LogP contribution in [0.1, 0.15) is 60.3 Å². The summed E-state index contributed by atoms with van der Waals surface area (Å²) < 4.78 is 0. The van der Waals surface area contributed by atoms with Gasteiger partial charge in [0.1, 0.15) is 0 Å². The summed E-state index contributed by atoms with van der Waals surface area (Å²) in [6.07, 6.45) is 4.61. The minimum absolute atomic E-state index is 0.278. The Morgan fingerprint density at radius 3 is 2.38 bits per heavy atom. The monoisotopic (exact) mass is 220 g/mol. The van der Waals surface area contributed by atoms with Gasteiger partial charge in [-0.2, -0.15) is 0 Å². The minimum atomic E-state index is 0.278. The first-order chi connectivity index (χ1) is 7.29. The molecule has 0 spiro atoms. The Morgan fingerprint density at radius 2 is 1.75 bits per heavy atom. The molecule has 90 valence electrons. The molecule has 0 unspecified atom stereocenters. The molecule has 0 saturated heterocycles. The highest BCUT2D eigenvalue weighted by Gasteiger charge is 2.50. The maximum atomic E-state index is 12.0. The van der Waals surface area contributed by atoms with Gasteiger partial charge in [-0.1, -0.05) is 32.8 Å². The number of ketones is 1. The van der Waals surface area contributed by atoms with E-state index in [2.05, 4.69) is 27.7 Å². The molecule has 1 nitrogen and oxygen atoms in total. The highest BCUT2D eigenvalue weighted by atomic mass is 16.1. The van der Waals surface area contributed by atoms with Gasteiger partial charge < -0.3 is 0 Å². The Morgan fingerprint density at radius 1 is 1.12 bits per heavy atom. The quantitative estimate of drug-likeness (QED) is 0.600. The molecular formula is C15H24O. The van der Waals surface area contributed by atoms with Crippen molar-refractivity contribution in [1.29, 1.82) is 0 Å². The molecule has 1 fully saturated rings. The Bertz CT molecular complexity index is 362. The van der Waals surface area contributed by atoms with E-state index in [0.29, 0.717) is 17.1 Å². The van der Waals surface area contributed by atoms with Crippen molar-refractivity contribution in [2.24, 2.45) is 16.7 Å². The van der Waals surface area contributed by atoms with Crippen molar-refractivity contribution >= 4 is 5.78 Å². The number of carbonyl (C=O) groups is 1. The Kier molecular flexibility index (Phi) is 2.56. The van der Waals surface area contributed by atoms with Crippen LogP contribution >= 0.6 is 0 Å². The van der Waals surface area contributed by atoms with Crippen LogP contribution in [-0.4, -0.2) is 5.78 Å². The topological polar surface area (TPSA) is 17.1 Å². The average Bonchev–Trinajstić information content (AvgIpc) is 2.19. The number of Topliss-reactive ketones (excluding diaryl/α,β-unsaturated/α-hetero) is 1. The minimum Gasteiger partial charge on any atom is -0.295 e. The number of carbonyl (C=O) groups excluding carboxylic acids is 1. The van der Waals surface area contributed by atoms with Crippen LogP contribution < -0.4 is 0 Å². The van der Waals surface area contributed by atoms with Crippen molar-refractivity contribution < 1.29 is 4.79 Å². The summed E-state index contributed by atoms with van der Waals surface area (Å²) in [5.41, 5.74) is 3.00. The maximum Gasteiger partial charge on any atom is 0.158 e. The molecule has 0 aromatic heterocycles. The second-order valence-electron chi connectivity index (χ2n) is 6.69. The lowest BCUT2D eigenvalue weighted by Crippen LogP contribution is -2.46. The molecule has 0 radical (unpaired) electrons. The van der Waals surface area contributed by atoms with Gasteiger partial charge in [-0.25, -0.2) is 0 Å². The fourth-order valence-corrected chi connectivity index (χ4v) is 4.05. The summed E-state index contributed by atoms with van der Waals surface area (Å²) >= 11 is 0. The van der Waals surface area contributed by atoms with Crippen molar-refractivity contribution in [2.45, 2.75) is 60.3 Å². The van der Waals surface area contributed by atoms with E-state index < -0.39 is 0 Å². The molecule has 0 heterocycles. The SMILES string of the molecule is CC1=C(C)[C@]2(C)CCCC(C)(C)[C@H]2CC1=O. The van der Waals surface area contributed by atoms with E-state index in [-0.39, 0.29) is 5.41 Å². The van der Waals surface area contributed by atoms with Gasteiger partial charge in [-0.15, -0.1) is 0 Å². The number of fused-ring (bicyclic) bond motifs is 1. The van der Waals surface area contributed by atoms with Crippen LogP contribution in [0.25, 0.3) is 0 Å². The van der Waals surface area contributed by atoms with E-state index in [4.69, 9.17) is 0 Å². The summed E-state index contributed by atoms with van der Waals surface area (Å²) in [5, 5.41) is 0. The van der Waals surface area contributed by atoms with Crippen LogP contribution in [0.15, 0.2) is 11.1 Å². The van der Waals surface area contributed by atoms with Crippen molar-refractivity contribution in [3.05, 3.63) is 11.1 Å². The zero-order chi connectivity index (χ0) is 12.1. The second-order valence-corrected chi connectivity index (χ2v) is 6.69. The number of allylic oxidation sites excluding steroid dienone is 2. The molecule has 1 heteroatoms. The van der Waals surface area contributed by atoms with E-state index in [0.717, 1.165) is 12.0 Å². The molecule has 2 rings (SSSR count). The lowest BCUT2D eigenvalue weighted by Gasteiger charge is -2.54. The molecule has 0 amide bonds. The van der Waals surface area contributed by atoms with Gasteiger partial charge in [-0.3, -0.25) is 4.79 Å². The van der Waals surface area contributed by atoms with Gasteiger partial charge in [0.05, 0.1) is 0 Å². The van der Waals surface area contributed by atoms with E-state index >= 15 is 0 Å². The molecule has 2 aliphatic rings. The van der Waals surface area contributed by atoms with Crippen LogP contribution in [0.2, 0.25) is 0 Å². The fourth-order valence-electron chi connectivity index (χ4n) is 4.05. The Balaban J connectivity index is 2.51. The largest absolute Gasteiger partial charge is 0.295 e. The molecule has 2 aliphatic carbocycles. The van der Waals surface area contributed by atoms with Gasteiger partial charge in [0, 0.05) is 6.42 Å². The normalized spacial score (nSPS) is 38.6. The van der Waals surface area contributed by atoms with Gasteiger partial charge >= 0.3 is 0 Å². The summed E-state index contributed by atoms with van der Waals surface area (Å²) in [6.45, 7) is 11.3. The third-order valence-electron chi connectivity index (χ3n) is 5.46. The predicted molar refractivity (Wildman–Crippen MR) is 67.2 cm³/mol. The van der Waals surface area contributed by atoms with E-state index in [1.165, 1.54) is 24.8 Å². The lowest BCUT2D eigenvalue weighted by molar-refractivity contribution is -0.121. The smallest absolute Gasteiger partial charge is 0.158 e. The first-order valence-corrected chi connectivity index (χ1v) is 6.50. The van der Waals surface area contributed by atoms with Gasteiger partial charge in [0.2, 0.25) is 0 Å². The molecular weight excluding hydrogens is 196 g/mol.